The largest absolute Gasteiger partial charge is 0.483 e. The van der Waals surface area contributed by atoms with Gasteiger partial charge in [-0.15, -0.1) is 20.2 Å². The van der Waals surface area contributed by atoms with Gasteiger partial charge in [-0.1, -0.05) is 0 Å². The van der Waals surface area contributed by atoms with Gasteiger partial charge in [-0.2, -0.15) is 5.26 Å². The molecule has 12 heteroatoms. The van der Waals surface area contributed by atoms with Crippen LogP contribution in [0.15, 0.2) is 47.4 Å². The lowest BCUT2D eigenvalue weighted by atomic mass is 9.97. The van der Waals surface area contributed by atoms with E-state index in [2.05, 4.69) is 9.68 Å². The number of ether oxygens (including phenoxy) is 1. The standard InChI is InChI=1S/C20H18N4O8/c1-12(31-23(26)27)19(32-24(28)29)14-5-7-18(25)22(11-14)16-9-20(2,3)30-17-6-4-13(10-21)8-15(16)17/h4-9,11-12,19H,1-3H3. The number of fused-ring (bicyclic) bond motifs is 1. The monoisotopic (exact) mass is 442 g/mol. The Morgan fingerprint density at radius 3 is 2.47 bits per heavy atom. The van der Waals surface area contributed by atoms with Gasteiger partial charge in [0, 0.05) is 17.8 Å². The first-order chi connectivity index (χ1) is 15.0. The summed E-state index contributed by atoms with van der Waals surface area (Å²) in [6.07, 6.45) is 0.119. The molecular weight excluding hydrogens is 424 g/mol. The Hall–Kier alpha value is -4.40. The molecule has 1 aromatic carbocycles. The molecule has 3 rings (SSSR count). The summed E-state index contributed by atoms with van der Waals surface area (Å²) in [6.45, 7) is 4.78. The summed E-state index contributed by atoms with van der Waals surface area (Å²) in [7, 11) is 0. The first-order valence-electron chi connectivity index (χ1n) is 9.32. The Morgan fingerprint density at radius 2 is 1.84 bits per heavy atom. The zero-order valence-corrected chi connectivity index (χ0v) is 17.3. The molecule has 0 fully saturated rings. The molecule has 0 saturated heterocycles. The molecule has 0 amide bonds. The number of aromatic nitrogens is 1. The van der Waals surface area contributed by atoms with Crippen LogP contribution in [-0.4, -0.2) is 26.4 Å². The van der Waals surface area contributed by atoms with E-state index < -0.39 is 33.5 Å². The lowest BCUT2D eigenvalue weighted by molar-refractivity contribution is -0.800. The molecule has 0 saturated carbocycles. The van der Waals surface area contributed by atoms with Crippen LogP contribution in [0.4, 0.5) is 0 Å². The fourth-order valence-corrected chi connectivity index (χ4v) is 3.37. The van der Waals surface area contributed by atoms with Crippen molar-refractivity contribution in [3.8, 4) is 11.8 Å². The van der Waals surface area contributed by atoms with E-state index in [1.165, 1.54) is 23.8 Å². The van der Waals surface area contributed by atoms with Gasteiger partial charge in [-0.25, -0.2) is 0 Å². The van der Waals surface area contributed by atoms with Crippen molar-refractivity contribution in [3.63, 3.8) is 0 Å². The van der Waals surface area contributed by atoms with E-state index in [1.54, 1.807) is 38.1 Å². The van der Waals surface area contributed by atoms with Crippen molar-refractivity contribution in [3.05, 3.63) is 89.9 Å². The fourth-order valence-electron chi connectivity index (χ4n) is 3.37. The van der Waals surface area contributed by atoms with Crippen LogP contribution in [0, 0.1) is 31.6 Å². The van der Waals surface area contributed by atoms with Crippen molar-refractivity contribution < 1.29 is 24.6 Å². The number of nitriles is 1. The van der Waals surface area contributed by atoms with Gasteiger partial charge in [0.2, 0.25) is 0 Å². The quantitative estimate of drug-likeness (QED) is 0.464. The van der Waals surface area contributed by atoms with E-state index in [0.29, 0.717) is 22.6 Å². The molecule has 12 nitrogen and oxygen atoms in total. The number of hydrogen-bond donors (Lipinski definition) is 0. The Labute approximate surface area is 181 Å². The minimum Gasteiger partial charge on any atom is -0.483 e. The second kappa shape index (κ2) is 8.38. The van der Waals surface area contributed by atoms with Crippen LogP contribution in [0.2, 0.25) is 0 Å². The first-order valence-corrected chi connectivity index (χ1v) is 9.32. The molecule has 2 heterocycles. The average molecular weight is 442 g/mol. The van der Waals surface area contributed by atoms with E-state index in [4.69, 9.17) is 4.74 Å². The van der Waals surface area contributed by atoms with E-state index in [1.807, 2.05) is 6.07 Å². The highest BCUT2D eigenvalue weighted by atomic mass is 17.0. The molecule has 1 aromatic heterocycles. The van der Waals surface area contributed by atoms with Crippen molar-refractivity contribution in [2.24, 2.45) is 0 Å². The van der Waals surface area contributed by atoms with Crippen LogP contribution in [0.25, 0.3) is 5.70 Å². The fraction of sp³-hybridized carbons (Fsp3) is 0.300. The zero-order valence-electron chi connectivity index (χ0n) is 17.3. The zero-order chi connectivity index (χ0) is 23.6. The maximum Gasteiger partial charge on any atom is 0.295 e. The highest BCUT2D eigenvalue weighted by Crippen LogP contribution is 2.37. The molecule has 0 bridgehead atoms. The van der Waals surface area contributed by atoms with Crippen molar-refractivity contribution in [2.45, 2.75) is 38.6 Å². The summed E-state index contributed by atoms with van der Waals surface area (Å²) in [6, 6.07) is 9.19. The molecule has 2 atom stereocenters. The Morgan fingerprint density at radius 1 is 1.16 bits per heavy atom. The summed E-state index contributed by atoms with van der Waals surface area (Å²) < 4.78 is 7.13. The van der Waals surface area contributed by atoms with E-state index >= 15 is 0 Å². The summed E-state index contributed by atoms with van der Waals surface area (Å²) in [5.41, 5.74) is -0.0193. The first kappa shape index (κ1) is 22.3. The molecule has 0 aliphatic carbocycles. The van der Waals surface area contributed by atoms with Crippen molar-refractivity contribution in [2.75, 3.05) is 0 Å². The Bertz CT molecular complexity index is 1210. The number of pyridine rings is 1. The minimum absolute atomic E-state index is 0.0961. The highest BCUT2D eigenvalue weighted by Gasteiger charge is 2.30. The predicted octanol–water partition coefficient (Wildman–Crippen LogP) is 2.63. The molecule has 32 heavy (non-hydrogen) atoms. The molecule has 0 radical (unpaired) electrons. The number of nitrogens with zero attached hydrogens (tertiary/aromatic N) is 4. The molecule has 1 aliphatic heterocycles. The van der Waals surface area contributed by atoms with Crippen molar-refractivity contribution >= 4 is 5.70 Å². The van der Waals surface area contributed by atoms with Crippen LogP contribution in [-0.2, 0) is 9.68 Å². The topological polar surface area (TPSA) is 160 Å². The maximum atomic E-state index is 12.7. The molecular formula is C20H18N4O8. The lowest BCUT2D eigenvalue weighted by Gasteiger charge is -2.32. The van der Waals surface area contributed by atoms with Gasteiger partial charge in [0.15, 0.2) is 6.10 Å². The van der Waals surface area contributed by atoms with Gasteiger partial charge in [-0.05, 0) is 56.7 Å². The van der Waals surface area contributed by atoms with Crippen LogP contribution in [0.3, 0.4) is 0 Å². The molecule has 0 spiro atoms. The van der Waals surface area contributed by atoms with Gasteiger partial charge in [0.1, 0.15) is 17.5 Å². The van der Waals surface area contributed by atoms with E-state index in [-0.39, 0.29) is 5.56 Å². The SMILES string of the molecule is CC(O[N+](=O)[O-])C(O[N+](=O)[O-])c1ccc(=O)n(C2=CC(C)(C)Oc3ccc(C#N)cc32)c1. The smallest absolute Gasteiger partial charge is 0.295 e. The molecule has 2 aromatic rings. The third-order valence-electron chi connectivity index (χ3n) is 4.64. The van der Waals surface area contributed by atoms with Crippen LogP contribution in [0.1, 0.15) is 43.6 Å². The van der Waals surface area contributed by atoms with E-state index in [0.717, 1.165) is 6.07 Å². The predicted molar refractivity (Wildman–Crippen MR) is 108 cm³/mol. The van der Waals surface area contributed by atoms with Gasteiger partial charge in [-0.3, -0.25) is 9.36 Å². The van der Waals surface area contributed by atoms with Crippen LogP contribution in [0.5, 0.6) is 5.75 Å². The average Bonchev–Trinajstić information content (AvgIpc) is 2.70. The second-order valence-electron chi connectivity index (χ2n) is 7.51. The van der Waals surface area contributed by atoms with Crippen LogP contribution < -0.4 is 10.3 Å². The maximum absolute atomic E-state index is 12.7. The number of rotatable bonds is 7. The Balaban J connectivity index is 2.17. The van der Waals surface area contributed by atoms with Gasteiger partial charge >= 0.3 is 0 Å². The normalized spacial score (nSPS) is 15.8. The summed E-state index contributed by atoms with van der Waals surface area (Å²) in [5.74, 6) is 0.437. The summed E-state index contributed by atoms with van der Waals surface area (Å²) in [4.78, 5) is 43.5. The van der Waals surface area contributed by atoms with Crippen molar-refractivity contribution in [1.82, 2.24) is 4.57 Å². The molecule has 1 aliphatic rings. The summed E-state index contributed by atoms with van der Waals surface area (Å²) in [5, 5.41) is 28.8. The van der Waals surface area contributed by atoms with Crippen LogP contribution >= 0.6 is 0 Å². The highest BCUT2D eigenvalue weighted by molar-refractivity contribution is 5.74. The molecule has 2 unspecified atom stereocenters. The van der Waals surface area contributed by atoms with Crippen molar-refractivity contribution in [1.29, 1.82) is 5.26 Å². The van der Waals surface area contributed by atoms with Gasteiger partial charge < -0.3 is 14.4 Å². The summed E-state index contributed by atoms with van der Waals surface area (Å²) >= 11 is 0. The van der Waals surface area contributed by atoms with E-state index in [9.17, 15) is 30.3 Å². The lowest BCUT2D eigenvalue weighted by Crippen LogP contribution is -2.33. The second-order valence-corrected chi connectivity index (χ2v) is 7.51. The number of hydrogen-bond acceptors (Lipinski definition) is 9. The van der Waals surface area contributed by atoms with Gasteiger partial charge in [0.25, 0.3) is 15.7 Å². The minimum atomic E-state index is -1.49. The number of benzene rings is 1. The molecule has 0 N–H and O–H groups in total. The third-order valence-corrected chi connectivity index (χ3v) is 4.64. The third kappa shape index (κ3) is 4.67. The molecule has 166 valence electrons. The van der Waals surface area contributed by atoms with Gasteiger partial charge in [0.05, 0.1) is 17.3 Å². The Kier molecular flexibility index (Phi) is 5.84.